The first-order chi connectivity index (χ1) is 14.7. The minimum absolute atomic E-state index is 0.157. The number of piperazine rings is 1. The van der Waals surface area contributed by atoms with E-state index in [0.717, 1.165) is 38.3 Å². The Balaban J connectivity index is 1.42. The Morgan fingerprint density at radius 2 is 1.70 bits per heavy atom. The Labute approximate surface area is 177 Å². The predicted molar refractivity (Wildman–Crippen MR) is 119 cm³/mol. The number of anilines is 1. The largest absolute Gasteiger partial charge is 0.368 e. The lowest BCUT2D eigenvalue weighted by Gasteiger charge is -2.36. The molecule has 2 aromatic carbocycles. The number of nitrogens with one attached hydrogen (secondary N) is 2. The Hall–Kier alpha value is -3.09. The lowest BCUT2D eigenvalue weighted by Crippen LogP contribution is -2.49. The van der Waals surface area contributed by atoms with Crippen molar-refractivity contribution in [2.75, 3.05) is 44.2 Å². The molecule has 0 atom stereocenters. The number of aliphatic imine (C=N–C) groups is 1. The van der Waals surface area contributed by atoms with Crippen LogP contribution in [-0.4, -0.2) is 56.0 Å². The maximum atomic E-state index is 13.0. The minimum Gasteiger partial charge on any atom is -0.368 e. The van der Waals surface area contributed by atoms with Crippen molar-refractivity contribution in [2.24, 2.45) is 4.99 Å². The summed E-state index contributed by atoms with van der Waals surface area (Å²) in [6, 6.07) is 16.6. The molecule has 6 nitrogen and oxygen atoms in total. The summed E-state index contributed by atoms with van der Waals surface area (Å²) in [5.74, 6) is 0.559. The maximum absolute atomic E-state index is 13.0. The van der Waals surface area contributed by atoms with Gasteiger partial charge in [-0.2, -0.15) is 0 Å². The Kier molecular flexibility index (Phi) is 8.06. The molecule has 0 aliphatic carbocycles. The second kappa shape index (κ2) is 11.2. The normalized spacial score (nSPS) is 14.5. The number of nitrogens with zero attached hydrogens (tertiary/aromatic N) is 3. The van der Waals surface area contributed by atoms with Crippen LogP contribution in [0.25, 0.3) is 0 Å². The third-order valence-electron chi connectivity index (χ3n) is 5.06. The van der Waals surface area contributed by atoms with E-state index in [1.54, 1.807) is 12.1 Å². The molecule has 1 aliphatic rings. The smallest absolute Gasteiger partial charge is 0.224 e. The van der Waals surface area contributed by atoms with Gasteiger partial charge in [-0.25, -0.2) is 9.38 Å². The van der Waals surface area contributed by atoms with E-state index in [1.165, 1.54) is 17.8 Å². The van der Waals surface area contributed by atoms with E-state index in [4.69, 9.17) is 0 Å². The zero-order valence-corrected chi connectivity index (χ0v) is 17.5. The molecule has 0 unspecified atom stereocenters. The molecule has 1 amide bonds. The van der Waals surface area contributed by atoms with Crippen LogP contribution in [0.3, 0.4) is 0 Å². The van der Waals surface area contributed by atoms with Crippen molar-refractivity contribution < 1.29 is 9.18 Å². The Morgan fingerprint density at radius 3 is 2.37 bits per heavy atom. The SMILES string of the molecule is CCNC(=NCc1ccc(F)cc1)NCCC(=O)N1CCN(c2ccccc2)CC1. The molecule has 0 aromatic heterocycles. The average Bonchev–Trinajstić information content (AvgIpc) is 2.79. The highest BCUT2D eigenvalue weighted by Gasteiger charge is 2.20. The van der Waals surface area contributed by atoms with Crippen molar-refractivity contribution in [2.45, 2.75) is 19.9 Å². The van der Waals surface area contributed by atoms with E-state index in [1.807, 2.05) is 30.0 Å². The van der Waals surface area contributed by atoms with Crippen molar-refractivity contribution in [1.29, 1.82) is 0 Å². The Morgan fingerprint density at radius 1 is 1.00 bits per heavy atom. The van der Waals surface area contributed by atoms with Crippen LogP contribution in [0, 0.1) is 5.82 Å². The molecule has 1 aliphatic heterocycles. The summed E-state index contributed by atoms with van der Waals surface area (Å²) in [4.78, 5) is 21.3. The van der Waals surface area contributed by atoms with Gasteiger partial charge in [0.25, 0.3) is 0 Å². The van der Waals surface area contributed by atoms with Gasteiger partial charge in [0, 0.05) is 51.4 Å². The number of para-hydroxylation sites is 1. The van der Waals surface area contributed by atoms with E-state index < -0.39 is 0 Å². The van der Waals surface area contributed by atoms with Gasteiger partial charge in [0.2, 0.25) is 5.91 Å². The van der Waals surface area contributed by atoms with Gasteiger partial charge in [0.15, 0.2) is 5.96 Å². The van der Waals surface area contributed by atoms with Crippen molar-refractivity contribution in [3.63, 3.8) is 0 Å². The molecule has 2 N–H and O–H groups in total. The number of guanidine groups is 1. The van der Waals surface area contributed by atoms with E-state index in [2.05, 4.69) is 32.7 Å². The number of halogens is 1. The monoisotopic (exact) mass is 411 g/mol. The summed E-state index contributed by atoms with van der Waals surface area (Å²) in [6.07, 6.45) is 0.423. The zero-order valence-electron chi connectivity index (χ0n) is 17.5. The summed E-state index contributed by atoms with van der Waals surface area (Å²) in [5.41, 5.74) is 2.14. The van der Waals surface area contributed by atoms with Crippen molar-refractivity contribution in [3.8, 4) is 0 Å². The molecular weight excluding hydrogens is 381 g/mol. The van der Waals surface area contributed by atoms with Gasteiger partial charge in [-0.05, 0) is 36.8 Å². The number of amides is 1. The van der Waals surface area contributed by atoms with Crippen LogP contribution in [0.5, 0.6) is 0 Å². The van der Waals surface area contributed by atoms with Gasteiger partial charge >= 0.3 is 0 Å². The van der Waals surface area contributed by atoms with Gasteiger partial charge < -0.3 is 20.4 Å². The molecule has 0 spiro atoms. The van der Waals surface area contributed by atoms with Crippen LogP contribution in [0.15, 0.2) is 59.6 Å². The second-order valence-electron chi connectivity index (χ2n) is 7.20. The van der Waals surface area contributed by atoms with E-state index in [9.17, 15) is 9.18 Å². The maximum Gasteiger partial charge on any atom is 0.224 e. The van der Waals surface area contributed by atoms with Gasteiger partial charge in [-0.15, -0.1) is 0 Å². The lowest BCUT2D eigenvalue weighted by atomic mass is 10.2. The molecule has 1 fully saturated rings. The van der Waals surface area contributed by atoms with Crippen LogP contribution in [-0.2, 0) is 11.3 Å². The highest BCUT2D eigenvalue weighted by Crippen LogP contribution is 2.15. The molecule has 0 radical (unpaired) electrons. The van der Waals surface area contributed by atoms with Crippen LogP contribution in [0.2, 0.25) is 0 Å². The molecule has 30 heavy (non-hydrogen) atoms. The standard InChI is InChI=1S/C23H30FN5O/c1-2-25-23(27-18-19-8-10-20(24)11-9-19)26-13-12-22(30)29-16-14-28(15-17-29)21-6-4-3-5-7-21/h3-11H,2,12-18H2,1H3,(H2,25,26,27). The summed E-state index contributed by atoms with van der Waals surface area (Å²) in [6.45, 7) is 6.88. The van der Waals surface area contributed by atoms with Crippen LogP contribution in [0.4, 0.5) is 10.1 Å². The molecule has 1 heterocycles. The third-order valence-corrected chi connectivity index (χ3v) is 5.06. The van der Waals surface area contributed by atoms with Crippen LogP contribution in [0.1, 0.15) is 18.9 Å². The molecule has 160 valence electrons. The van der Waals surface area contributed by atoms with E-state index in [0.29, 0.717) is 25.5 Å². The molecule has 3 rings (SSSR count). The first-order valence-electron chi connectivity index (χ1n) is 10.5. The van der Waals surface area contributed by atoms with Gasteiger partial charge in [0.1, 0.15) is 5.82 Å². The average molecular weight is 412 g/mol. The lowest BCUT2D eigenvalue weighted by molar-refractivity contribution is -0.131. The van der Waals surface area contributed by atoms with E-state index >= 15 is 0 Å². The number of hydrogen-bond acceptors (Lipinski definition) is 3. The van der Waals surface area contributed by atoms with E-state index in [-0.39, 0.29) is 11.7 Å². The molecule has 0 saturated carbocycles. The molecule has 1 saturated heterocycles. The first kappa shape index (κ1) is 21.6. The fraction of sp³-hybridized carbons (Fsp3) is 0.391. The quantitative estimate of drug-likeness (QED) is 0.543. The number of carbonyl (C=O) groups is 1. The number of hydrogen-bond donors (Lipinski definition) is 2. The third kappa shape index (κ3) is 6.47. The van der Waals surface area contributed by atoms with Gasteiger partial charge in [-0.3, -0.25) is 4.79 Å². The summed E-state index contributed by atoms with van der Waals surface area (Å²) in [7, 11) is 0. The summed E-state index contributed by atoms with van der Waals surface area (Å²) >= 11 is 0. The second-order valence-corrected chi connectivity index (χ2v) is 7.20. The topological polar surface area (TPSA) is 60.0 Å². The van der Waals surface area contributed by atoms with Crippen molar-refractivity contribution >= 4 is 17.6 Å². The van der Waals surface area contributed by atoms with Crippen molar-refractivity contribution in [3.05, 3.63) is 66.0 Å². The molecule has 7 heteroatoms. The highest BCUT2D eigenvalue weighted by atomic mass is 19.1. The van der Waals surface area contributed by atoms with Gasteiger partial charge in [-0.1, -0.05) is 30.3 Å². The Bertz CT molecular complexity index is 817. The first-order valence-corrected chi connectivity index (χ1v) is 10.5. The predicted octanol–water partition coefficient (Wildman–Crippen LogP) is 2.62. The molecule has 2 aromatic rings. The summed E-state index contributed by atoms with van der Waals surface area (Å²) < 4.78 is 13.0. The fourth-order valence-electron chi connectivity index (χ4n) is 3.40. The zero-order chi connectivity index (χ0) is 21.2. The highest BCUT2D eigenvalue weighted by molar-refractivity contribution is 5.81. The number of carbonyl (C=O) groups excluding carboxylic acids is 1. The fourth-order valence-corrected chi connectivity index (χ4v) is 3.40. The minimum atomic E-state index is -0.254. The van der Waals surface area contributed by atoms with Crippen molar-refractivity contribution in [1.82, 2.24) is 15.5 Å². The van der Waals surface area contributed by atoms with Gasteiger partial charge in [0.05, 0.1) is 6.54 Å². The molecular formula is C23H30FN5O. The molecule has 0 bridgehead atoms. The van der Waals surface area contributed by atoms with Crippen LogP contribution >= 0.6 is 0 Å². The van der Waals surface area contributed by atoms with Crippen LogP contribution < -0.4 is 15.5 Å². The summed E-state index contributed by atoms with van der Waals surface area (Å²) in [5, 5.41) is 6.39. The number of rotatable bonds is 7. The number of benzene rings is 2.